The number of carbonyl (C=O) groups excluding carboxylic acids is 1. The van der Waals surface area contributed by atoms with Gasteiger partial charge in [-0.15, -0.1) is 0 Å². The van der Waals surface area contributed by atoms with Crippen LogP contribution in [0.1, 0.15) is 67.9 Å². The molecule has 4 nitrogen and oxygen atoms in total. The highest BCUT2D eigenvalue weighted by Gasteiger charge is 2.23. The van der Waals surface area contributed by atoms with E-state index in [0.29, 0.717) is 37.6 Å². The van der Waals surface area contributed by atoms with Crippen LogP contribution in [0.5, 0.6) is 11.5 Å². The zero-order chi connectivity index (χ0) is 21.4. The predicted octanol–water partition coefficient (Wildman–Crippen LogP) is 5.31. The van der Waals surface area contributed by atoms with Crippen molar-refractivity contribution < 1.29 is 23.8 Å². The van der Waals surface area contributed by atoms with Crippen LogP contribution in [-0.2, 0) is 28.8 Å². The van der Waals surface area contributed by atoms with Crippen molar-refractivity contribution in [3.8, 4) is 11.5 Å². The minimum Gasteiger partial charge on any atom is -0.508 e. The fourth-order valence-corrected chi connectivity index (χ4v) is 3.72. The minimum absolute atomic E-state index is 0.254. The summed E-state index contributed by atoms with van der Waals surface area (Å²) in [5, 5.41) is 9.99. The second-order valence-electron chi connectivity index (χ2n) is 7.37. The number of ether oxygens (including phenoxy) is 2. The molecule has 5 heteroatoms. The Morgan fingerprint density at radius 3 is 2.45 bits per heavy atom. The molecular formula is C24H31FO4. The van der Waals surface area contributed by atoms with E-state index < -0.39 is 0 Å². The number of rotatable bonds is 7. The summed E-state index contributed by atoms with van der Waals surface area (Å²) in [5.74, 6) is 0.780. The molecule has 0 spiro atoms. The van der Waals surface area contributed by atoms with Crippen LogP contribution in [-0.4, -0.2) is 24.8 Å². The minimum atomic E-state index is -0.254. The third-order valence-corrected chi connectivity index (χ3v) is 5.03. The first-order valence-electron chi connectivity index (χ1n) is 10.3. The molecule has 0 saturated carbocycles. The molecule has 158 valence electrons. The van der Waals surface area contributed by atoms with E-state index in [9.17, 15) is 14.3 Å². The summed E-state index contributed by atoms with van der Waals surface area (Å²) >= 11 is 0. The topological polar surface area (TPSA) is 55.8 Å². The van der Waals surface area contributed by atoms with Crippen LogP contribution >= 0.6 is 0 Å². The van der Waals surface area contributed by atoms with Gasteiger partial charge in [0.15, 0.2) is 11.6 Å². The van der Waals surface area contributed by atoms with Crippen LogP contribution in [0.4, 0.5) is 4.39 Å². The SMILES string of the molecule is CCOC=O.CCOc1c(F)cc(Cc2ccc(O)c(C(C)C)c2)c2c1CCC2. The lowest BCUT2D eigenvalue weighted by Crippen LogP contribution is -2.04. The number of phenolic OH excluding ortho intramolecular Hbond substituents is 1. The van der Waals surface area contributed by atoms with Crippen LogP contribution in [0.2, 0.25) is 0 Å². The molecule has 0 aromatic heterocycles. The van der Waals surface area contributed by atoms with Gasteiger partial charge < -0.3 is 14.6 Å². The molecule has 0 radical (unpaired) electrons. The summed E-state index contributed by atoms with van der Waals surface area (Å²) in [5.41, 5.74) is 5.39. The molecule has 0 bridgehead atoms. The molecule has 0 fully saturated rings. The van der Waals surface area contributed by atoms with Crippen molar-refractivity contribution in [3.63, 3.8) is 0 Å². The van der Waals surface area contributed by atoms with Gasteiger partial charge in [0.25, 0.3) is 6.47 Å². The van der Waals surface area contributed by atoms with Gasteiger partial charge in [-0.1, -0.05) is 26.0 Å². The predicted molar refractivity (Wildman–Crippen MR) is 112 cm³/mol. The smallest absolute Gasteiger partial charge is 0.293 e. The standard InChI is InChI=1S/C21H25FO2.C3H6O2/c1-4-24-21-17-7-5-6-16(17)15(12-19(21)22)10-14-8-9-20(23)18(11-14)13(2)3;1-2-5-3-4/h8-9,11-13,23H,4-7,10H2,1-3H3;3H,2H2,1H3. The van der Waals surface area contributed by atoms with Crippen LogP contribution in [0.3, 0.4) is 0 Å². The number of benzene rings is 2. The van der Waals surface area contributed by atoms with Gasteiger partial charge in [-0.05, 0) is 79.8 Å². The lowest BCUT2D eigenvalue weighted by atomic mass is 9.93. The highest BCUT2D eigenvalue weighted by atomic mass is 19.1. The Balaban J connectivity index is 0.000000537. The lowest BCUT2D eigenvalue weighted by Gasteiger charge is -2.16. The van der Waals surface area contributed by atoms with Gasteiger partial charge in [0.05, 0.1) is 13.2 Å². The van der Waals surface area contributed by atoms with E-state index >= 15 is 0 Å². The molecule has 0 unspecified atom stereocenters. The van der Waals surface area contributed by atoms with Crippen LogP contribution in [0.25, 0.3) is 0 Å². The molecule has 1 aliphatic carbocycles. The number of halogens is 1. The van der Waals surface area contributed by atoms with Crippen molar-refractivity contribution in [2.45, 2.75) is 59.3 Å². The van der Waals surface area contributed by atoms with Gasteiger partial charge >= 0.3 is 0 Å². The Morgan fingerprint density at radius 2 is 1.86 bits per heavy atom. The summed E-state index contributed by atoms with van der Waals surface area (Å²) in [7, 11) is 0. The van der Waals surface area contributed by atoms with Crippen molar-refractivity contribution >= 4 is 6.47 Å². The Labute approximate surface area is 172 Å². The first-order valence-corrected chi connectivity index (χ1v) is 10.3. The Hall–Kier alpha value is -2.56. The Kier molecular flexibility index (Phi) is 8.50. The van der Waals surface area contributed by atoms with Crippen LogP contribution in [0, 0.1) is 5.82 Å². The highest BCUT2D eigenvalue weighted by molar-refractivity contribution is 5.51. The largest absolute Gasteiger partial charge is 0.508 e. The van der Waals surface area contributed by atoms with Crippen molar-refractivity contribution in [1.82, 2.24) is 0 Å². The van der Waals surface area contributed by atoms with Gasteiger partial charge in [-0.2, -0.15) is 0 Å². The van der Waals surface area contributed by atoms with E-state index in [2.05, 4.69) is 18.6 Å². The molecular weight excluding hydrogens is 371 g/mol. The summed E-state index contributed by atoms with van der Waals surface area (Å²) in [6.45, 7) is 9.16. The molecule has 1 N–H and O–H groups in total. The normalized spacial score (nSPS) is 12.2. The number of carbonyl (C=O) groups is 1. The molecule has 0 saturated heterocycles. The summed E-state index contributed by atoms with van der Waals surface area (Å²) in [6.07, 6.45) is 3.62. The van der Waals surface area contributed by atoms with E-state index in [1.54, 1.807) is 19.1 Å². The van der Waals surface area contributed by atoms with Crippen LogP contribution < -0.4 is 4.74 Å². The summed E-state index contributed by atoms with van der Waals surface area (Å²) < 4.78 is 24.2. The molecule has 2 aromatic carbocycles. The van der Waals surface area contributed by atoms with E-state index in [1.165, 1.54) is 5.56 Å². The maximum Gasteiger partial charge on any atom is 0.293 e. The van der Waals surface area contributed by atoms with Crippen molar-refractivity contribution in [2.75, 3.05) is 13.2 Å². The number of hydrogen-bond donors (Lipinski definition) is 1. The fraction of sp³-hybridized carbons (Fsp3) is 0.458. The first-order chi connectivity index (χ1) is 13.9. The highest BCUT2D eigenvalue weighted by Crippen LogP contribution is 2.37. The Bertz CT molecular complexity index is 830. The van der Waals surface area contributed by atoms with Gasteiger partial charge in [-0.3, -0.25) is 4.79 Å². The molecule has 0 atom stereocenters. The zero-order valence-electron chi connectivity index (χ0n) is 17.8. The monoisotopic (exact) mass is 402 g/mol. The molecule has 0 amide bonds. The third-order valence-electron chi connectivity index (χ3n) is 5.03. The molecule has 0 heterocycles. The van der Waals surface area contributed by atoms with E-state index in [1.807, 2.05) is 19.1 Å². The zero-order valence-corrected chi connectivity index (χ0v) is 17.8. The summed E-state index contributed by atoms with van der Waals surface area (Å²) in [4.78, 5) is 9.18. The molecule has 29 heavy (non-hydrogen) atoms. The van der Waals surface area contributed by atoms with Gasteiger partial charge in [0.2, 0.25) is 0 Å². The van der Waals surface area contributed by atoms with Crippen molar-refractivity contribution in [1.29, 1.82) is 0 Å². The molecule has 1 aliphatic rings. The summed E-state index contributed by atoms with van der Waals surface area (Å²) in [6, 6.07) is 7.35. The van der Waals surface area contributed by atoms with E-state index in [4.69, 9.17) is 4.74 Å². The maximum absolute atomic E-state index is 14.5. The van der Waals surface area contributed by atoms with Crippen molar-refractivity contribution in [3.05, 3.63) is 57.9 Å². The quantitative estimate of drug-likeness (QED) is 0.638. The second-order valence-corrected chi connectivity index (χ2v) is 7.37. The number of aromatic hydroxyl groups is 1. The average molecular weight is 403 g/mol. The van der Waals surface area contributed by atoms with Crippen LogP contribution in [0.15, 0.2) is 24.3 Å². The second kappa shape index (κ2) is 10.8. The maximum atomic E-state index is 14.5. The fourth-order valence-electron chi connectivity index (χ4n) is 3.72. The van der Waals surface area contributed by atoms with Crippen molar-refractivity contribution in [2.24, 2.45) is 0 Å². The van der Waals surface area contributed by atoms with Gasteiger partial charge in [0.1, 0.15) is 5.75 Å². The first kappa shape index (κ1) is 22.7. The van der Waals surface area contributed by atoms with E-state index in [-0.39, 0.29) is 11.7 Å². The number of hydrogen-bond acceptors (Lipinski definition) is 4. The lowest BCUT2D eigenvalue weighted by molar-refractivity contribution is -0.128. The number of fused-ring (bicyclic) bond motifs is 1. The Morgan fingerprint density at radius 1 is 1.14 bits per heavy atom. The molecule has 0 aliphatic heterocycles. The van der Waals surface area contributed by atoms with Gasteiger partial charge in [-0.25, -0.2) is 4.39 Å². The number of phenols is 1. The molecule has 3 rings (SSSR count). The molecule has 2 aromatic rings. The van der Waals surface area contributed by atoms with Gasteiger partial charge in [0, 0.05) is 5.56 Å². The average Bonchev–Trinajstić information content (AvgIpc) is 3.17. The third kappa shape index (κ3) is 5.72. The van der Waals surface area contributed by atoms with E-state index in [0.717, 1.165) is 41.5 Å².